The number of nitrogens with one attached hydrogen (secondary N) is 1. The number of hydrogen-bond acceptors (Lipinski definition) is 4. The summed E-state index contributed by atoms with van der Waals surface area (Å²) in [5.41, 5.74) is 2.25. The molecule has 120 valence electrons. The largest absolute Gasteiger partial charge is 0.301 e. The Bertz CT molecular complexity index is 697. The van der Waals surface area contributed by atoms with Crippen LogP contribution in [-0.2, 0) is 4.79 Å². The molecular weight excluding hydrogens is 313 g/mol. The molecular formula is C17H18FN3OS. The van der Waals surface area contributed by atoms with Crippen LogP contribution in [0.25, 0.3) is 5.57 Å². The van der Waals surface area contributed by atoms with Crippen molar-refractivity contribution in [1.82, 2.24) is 9.88 Å². The molecule has 1 aliphatic rings. The summed E-state index contributed by atoms with van der Waals surface area (Å²) >= 11 is 1.41. The summed E-state index contributed by atoms with van der Waals surface area (Å²) in [6.45, 7) is 3.41. The van der Waals surface area contributed by atoms with Gasteiger partial charge >= 0.3 is 0 Å². The highest BCUT2D eigenvalue weighted by molar-refractivity contribution is 7.13. The molecule has 1 N–H and O–H groups in total. The molecule has 6 heteroatoms. The van der Waals surface area contributed by atoms with E-state index in [2.05, 4.69) is 21.3 Å². The first kappa shape index (κ1) is 15.8. The summed E-state index contributed by atoms with van der Waals surface area (Å²) in [5.74, 6) is -0.266. The maximum absolute atomic E-state index is 13.0. The number of amides is 1. The molecule has 1 amide bonds. The van der Waals surface area contributed by atoms with Crippen molar-refractivity contribution >= 4 is 27.9 Å². The third kappa shape index (κ3) is 3.83. The first-order valence-electron chi connectivity index (χ1n) is 7.53. The minimum Gasteiger partial charge on any atom is -0.301 e. The fourth-order valence-corrected chi connectivity index (χ4v) is 3.16. The van der Waals surface area contributed by atoms with Crippen LogP contribution in [-0.4, -0.2) is 34.9 Å². The van der Waals surface area contributed by atoms with Crippen molar-refractivity contribution in [3.63, 3.8) is 0 Å². The Balaban J connectivity index is 1.61. The molecule has 23 heavy (non-hydrogen) atoms. The fourth-order valence-electron chi connectivity index (χ4n) is 2.62. The Morgan fingerprint density at radius 1 is 1.39 bits per heavy atom. The van der Waals surface area contributed by atoms with E-state index >= 15 is 0 Å². The Morgan fingerprint density at radius 3 is 2.78 bits per heavy atom. The predicted octanol–water partition coefficient (Wildman–Crippen LogP) is 3.40. The number of halogens is 1. The number of aromatic nitrogens is 1. The van der Waals surface area contributed by atoms with Gasteiger partial charge in [-0.25, -0.2) is 9.37 Å². The molecule has 0 saturated carbocycles. The number of rotatable bonds is 4. The third-order valence-electron chi connectivity index (χ3n) is 4.05. The van der Waals surface area contributed by atoms with Crippen LogP contribution in [0.2, 0.25) is 0 Å². The van der Waals surface area contributed by atoms with Crippen LogP contribution >= 0.6 is 11.3 Å². The Hall–Kier alpha value is -2.05. The first-order chi connectivity index (χ1) is 11.1. The number of hydrogen-bond donors (Lipinski definition) is 1. The normalized spacial score (nSPS) is 16.7. The van der Waals surface area contributed by atoms with Crippen LogP contribution in [0.5, 0.6) is 0 Å². The van der Waals surface area contributed by atoms with Crippen LogP contribution in [0.3, 0.4) is 0 Å². The number of carbonyl (C=O) groups excluding carboxylic acids is 1. The number of anilines is 1. The van der Waals surface area contributed by atoms with Gasteiger partial charge in [0.2, 0.25) is 5.91 Å². The number of nitrogens with zero attached hydrogens (tertiary/aromatic N) is 2. The standard InChI is InChI=1S/C17H18FN3OS/c1-12(16(22)20-17-19-8-11-23-17)21-9-6-14(7-10-21)13-2-4-15(18)5-3-13/h2-6,8,11-12H,7,9-10H2,1H3,(H,19,20,22). The number of thiazole rings is 1. The second-order valence-electron chi connectivity index (χ2n) is 5.48. The highest BCUT2D eigenvalue weighted by Gasteiger charge is 2.23. The molecule has 1 aromatic carbocycles. The molecule has 2 aromatic rings. The molecule has 2 heterocycles. The maximum atomic E-state index is 13.0. The molecule has 1 aliphatic heterocycles. The summed E-state index contributed by atoms with van der Waals surface area (Å²) in [4.78, 5) is 18.4. The smallest absolute Gasteiger partial charge is 0.243 e. The lowest BCUT2D eigenvalue weighted by molar-refractivity contribution is -0.120. The van der Waals surface area contributed by atoms with Crippen molar-refractivity contribution in [3.05, 3.63) is 53.3 Å². The van der Waals surface area contributed by atoms with E-state index in [1.807, 2.05) is 12.3 Å². The molecule has 1 atom stereocenters. The summed E-state index contributed by atoms with van der Waals surface area (Å²) in [6, 6.07) is 6.34. The van der Waals surface area contributed by atoms with E-state index < -0.39 is 0 Å². The van der Waals surface area contributed by atoms with E-state index in [-0.39, 0.29) is 17.8 Å². The predicted molar refractivity (Wildman–Crippen MR) is 90.8 cm³/mol. The van der Waals surface area contributed by atoms with Gasteiger partial charge in [-0.2, -0.15) is 0 Å². The van der Waals surface area contributed by atoms with Crippen molar-refractivity contribution < 1.29 is 9.18 Å². The first-order valence-corrected chi connectivity index (χ1v) is 8.41. The molecule has 0 radical (unpaired) electrons. The van der Waals surface area contributed by atoms with Gasteiger partial charge in [-0.05, 0) is 36.6 Å². The van der Waals surface area contributed by atoms with Gasteiger partial charge in [-0.15, -0.1) is 11.3 Å². The molecule has 3 rings (SSSR count). The zero-order valence-corrected chi connectivity index (χ0v) is 13.6. The van der Waals surface area contributed by atoms with Gasteiger partial charge in [0.1, 0.15) is 5.82 Å². The average Bonchev–Trinajstić information content (AvgIpc) is 3.08. The summed E-state index contributed by atoms with van der Waals surface area (Å²) in [6.07, 6.45) is 4.63. The zero-order chi connectivity index (χ0) is 16.2. The highest BCUT2D eigenvalue weighted by Crippen LogP contribution is 2.24. The molecule has 0 aliphatic carbocycles. The minimum absolute atomic E-state index is 0.0430. The van der Waals surface area contributed by atoms with Gasteiger partial charge in [0, 0.05) is 24.7 Å². The molecule has 0 fully saturated rings. The van der Waals surface area contributed by atoms with Crippen LogP contribution in [0.4, 0.5) is 9.52 Å². The highest BCUT2D eigenvalue weighted by atomic mass is 32.1. The summed E-state index contributed by atoms with van der Waals surface area (Å²) in [5, 5.41) is 5.29. The van der Waals surface area contributed by atoms with Crippen molar-refractivity contribution in [1.29, 1.82) is 0 Å². The molecule has 0 saturated heterocycles. The second kappa shape index (κ2) is 7.02. The van der Waals surface area contributed by atoms with Gasteiger partial charge < -0.3 is 5.32 Å². The van der Waals surface area contributed by atoms with Crippen molar-refractivity contribution in [2.45, 2.75) is 19.4 Å². The molecule has 1 aromatic heterocycles. The summed E-state index contributed by atoms with van der Waals surface area (Å²) in [7, 11) is 0. The lowest BCUT2D eigenvalue weighted by Gasteiger charge is -2.30. The van der Waals surface area contributed by atoms with Crippen molar-refractivity contribution in [2.24, 2.45) is 0 Å². The van der Waals surface area contributed by atoms with Gasteiger partial charge in [0.15, 0.2) is 5.13 Å². The zero-order valence-electron chi connectivity index (χ0n) is 12.8. The van der Waals surface area contributed by atoms with Crippen LogP contribution < -0.4 is 5.32 Å². The Morgan fingerprint density at radius 2 is 2.17 bits per heavy atom. The Labute approximate surface area is 138 Å². The van der Waals surface area contributed by atoms with Gasteiger partial charge in [-0.3, -0.25) is 9.69 Å². The van der Waals surface area contributed by atoms with E-state index in [1.165, 1.54) is 29.0 Å². The van der Waals surface area contributed by atoms with Crippen LogP contribution in [0, 0.1) is 5.82 Å². The lowest BCUT2D eigenvalue weighted by atomic mass is 9.98. The quantitative estimate of drug-likeness (QED) is 0.934. The molecule has 1 unspecified atom stereocenters. The van der Waals surface area contributed by atoms with Gasteiger partial charge in [-0.1, -0.05) is 18.2 Å². The maximum Gasteiger partial charge on any atom is 0.243 e. The van der Waals surface area contributed by atoms with E-state index in [4.69, 9.17) is 0 Å². The van der Waals surface area contributed by atoms with Gasteiger partial charge in [0.25, 0.3) is 0 Å². The number of carbonyl (C=O) groups is 1. The van der Waals surface area contributed by atoms with E-state index in [1.54, 1.807) is 18.3 Å². The van der Waals surface area contributed by atoms with Gasteiger partial charge in [0.05, 0.1) is 6.04 Å². The van der Waals surface area contributed by atoms with E-state index in [9.17, 15) is 9.18 Å². The SMILES string of the molecule is CC(C(=O)Nc1nccs1)N1CC=C(c2ccc(F)cc2)CC1. The molecule has 0 spiro atoms. The third-order valence-corrected chi connectivity index (χ3v) is 4.73. The monoisotopic (exact) mass is 331 g/mol. The number of benzene rings is 1. The van der Waals surface area contributed by atoms with E-state index in [0.29, 0.717) is 11.7 Å². The van der Waals surface area contributed by atoms with Crippen molar-refractivity contribution in [3.8, 4) is 0 Å². The second-order valence-corrected chi connectivity index (χ2v) is 6.38. The van der Waals surface area contributed by atoms with Crippen LogP contribution in [0.15, 0.2) is 41.9 Å². The molecule has 0 bridgehead atoms. The summed E-state index contributed by atoms with van der Waals surface area (Å²) < 4.78 is 13.0. The van der Waals surface area contributed by atoms with E-state index in [0.717, 1.165) is 18.5 Å². The minimum atomic E-state index is -0.223. The lowest BCUT2D eigenvalue weighted by Crippen LogP contribution is -2.44. The topological polar surface area (TPSA) is 45.2 Å². The Kier molecular flexibility index (Phi) is 4.83. The van der Waals surface area contributed by atoms with Crippen molar-refractivity contribution in [2.75, 3.05) is 18.4 Å². The molecule has 4 nitrogen and oxygen atoms in total. The average molecular weight is 331 g/mol. The fraction of sp³-hybridized carbons (Fsp3) is 0.294. The van der Waals surface area contributed by atoms with Crippen LogP contribution in [0.1, 0.15) is 18.9 Å².